The number of para-hydroxylation sites is 1. The molecule has 0 atom stereocenters. The van der Waals surface area contributed by atoms with Crippen LogP contribution >= 0.6 is 11.8 Å². The van der Waals surface area contributed by atoms with Gasteiger partial charge in [-0.3, -0.25) is 0 Å². The molecule has 0 saturated carbocycles. The van der Waals surface area contributed by atoms with Gasteiger partial charge in [0.15, 0.2) is 11.0 Å². The Morgan fingerprint density at radius 3 is 2.67 bits per heavy atom. The fourth-order valence-corrected chi connectivity index (χ4v) is 4.49. The van der Waals surface area contributed by atoms with E-state index in [1.54, 1.807) is 23.8 Å². The second-order valence-electron chi connectivity index (χ2n) is 7.50. The standard InChI is InChI=1S/C24H28N4O4S/c1-30-15-14-28-22(25-26-23(28)33-17-7-12-27-13-16-31-24(27)29)18-32-21-11-6-5-10-20(21)19-8-3-2-4-9-19/h2-6,8-11H,7,12-18H2,1H3. The molecule has 0 unspecified atom stereocenters. The van der Waals surface area contributed by atoms with Crippen molar-refractivity contribution in [3.8, 4) is 16.9 Å². The van der Waals surface area contributed by atoms with Gasteiger partial charge in [-0.2, -0.15) is 0 Å². The van der Waals surface area contributed by atoms with Gasteiger partial charge in [0.2, 0.25) is 0 Å². The number of ether oxygens (including phenoxy) is 3. The molecule has 1 aliphatic heterocycles. The van der Waals surface area contributed by atoms with Crippen LogP contribution in [-0.2, 0) is 22.6 Å². The maximum Gasteiger partial charge on any atom is 0.409 e. The average molecular weight is 469 g/mol. The number of amides is 1. The Balaban J connectivity index is 1.39. The Morgan fingerprint density at radius 2 is 1.88 bits per heavy atom. The Kier molecular flexibility index (Phi) is 8.21. The minimum Gasteiger partial charge on any atom is -0.485 e. The lowest BCUT2D eigenvalue weighted by Gasteiger charge is -2.14. The van der Waals surface area contributed by atoms with Gasteiger partial charge in [-0.25, -0.2) is 4.79 Å². The quantitative estimate of drug-likeness (QED) is 0.292. The Bertz CT molecular complexity index is 1040. The van der Waals surface area contributed by atoms with Crippen molar-refractivity contribution in [3.63, 3.8) is 0 Å². The monoisotopic (exact) mass is 468 g/mol. The van der Waals surface area contributed by atoms with Crippen LogP contribution in [0.3, 0.4) is 0 Å². The molecule has 33 heavy (non-hydrogen) atoms. The predicted octanol–water partition coefficient (Wildman–Crippen LogP) is 4.10. The number of aromatic nitrogens is 3. The number of rotatable bonds is 12. The van der Waals surface area contributed by atoms with Gasteiger partial charge < -0.3 is 23.7 Å². The number of benzene rings is 2. The van der Waals surface area contributed by atoms with Crippen LogP contribution in [0.2, 0.25) is 0 Å². The first kappa shape index (κ1) is 23.1. The number of methoxy groups -OCH3 is 1. The van der Waals surface area contributed by atoms with Crippen molar-refractivity contribution in [3.05, 3.63) is 60.4 Å². The van der Waals surface area contributed by atoms with Gasteiger partial charge in [0.05, 0.1) is 13.2 Å². The summed E-state index contributed by atoms with van der Waals surface area (Å²) in [6.45, 7) is 3.33. The molecule has 174 valence electrons. The van der Waals surface area contributed by atoms with Crippen molar-refractivity contribution in [1.82, 2.24) is 19.7 Å². The number of hydrogen-bond acceptors (Lipinski definition) is 7. The Hall–Kier alpha value is -3.04. The second-order valence-corrected chi connectivity index (χ2v) is 8.56. The van der Waals surface area contributed by atoms with Crippen LogP contribution in [0.5, 0.6) is 5.75 Å². The highest BCUT2D eigenvalue weighted by molar-refractivity contribution is 7.99. The first-order chi connectivity index (χ1) is 16.3. The zero-order valence-corrected chi connectivity index (χ0v) is 19.5. The summed E-state index contributed by atoms with van der Waals surface area (Å²) < 4.78 is 18.5. The summed E-state index contributed by atoms with van der Waals surface area (Å²) in [4.78, 5) is 13.3. The summed E-state index contributed by atoms with van der Waals surface area (Å²) in [5.74, 6) is 2.38. The van der Waals surface area contributed by atoms with Crippen molar-refractivity contribution >= 4 is 17.9 Å². The van der Waals surface area contributed by atoms with Crippen LogP contribution in [-0.4, -0.2) is 64.9 Å². The van der Waals surface area contributed by atoms with E-state index in [0.717, 1.165) is 40.0 Å². The molecule has 0 bridgehead atoms. The maximum atomic E-state index is 11.6. The molecule has 9 heteroatoms. The van der Waals surface area contributed by atoms with Gasteiger partial charge >= 0.3 is 6.09 Å². The van der Waals surface area contributed by atoms with E-state index in [0.29, 0.717) is 39.5 Å². The number of carbonyl (C=O) groups is 1. The molecule has 1 saturated heterocycles. The third-order valence-electron chi connectivity index (χ3n) is 5.29. The summed E-state index contributed by atoms with van der Waals surface area (Å²) in [5, 5.41) is 9.59. The third kappa shape index (κ3) is 6.06. The van der Waals surface area contributed by atoms with Crippen molar-refractivity contribution in [1.29, 1.82) is 0 Å². The van der Waals surface area contributed by atoms with E-state index in [1.165, 1.54) is 0 Å². The number of nitrogens with zero attached hydrogens (tertiary/aromatic N) is 4. The molecule has 1 aromatic heterocycles. The number of cyclic esters (lactones) is 1. The van der Waals surface area contributed by atoms with Crippen molar-refractivity contribution in [2.75, 3.05) is 39.2 Å². The van der Waals surface area contributed by atoms with E-state index >= 15 is 0 Å². The Morgan fingerprint density at radius 1 is 1.06 bits per heavy atom. The van der Waals surface area contributed by atoms with Gasteiger partial charge in [-0.05, 0) is 18.1 Å². The molecule has 3 aromatic rings. The van der Waals surface area contributed by atoms with Crippen molar-refractivity contribution < 1.29 is 19.0 Å². The largest absolute Gasteiger partial charge is 0.485 e. The molecule has 8 nitrogen and oxygen atoms in total. The highest BCUT2D eigenvalue weighted by Gasteiger charge is 2.21. The van der Waals surface area contributed by atoms with Crippen LogP contribution in [0, 0.1) is 0 Å². The molecule has 1 fully saturated rings. The van der Waals surface area contributed by atoms with Crippen LogP contribution < -0.4 is 4.74 Å². The lowest BCUT2D eigenvalue weighted by molar-refractivity contribution is 0.158. The molecular weight excluding hydrogens is 440 g/mol. The summed E-state index contributed by atoms with van der Waals surface area (Å²) >= 11 is 1.62. The molecule has 0 N–H and O–H groups in total. The molecule has 4 rings (SSSR count). The first-order valence-electron chi connectivity index (χ1n) is 11.0. The second kappa shape index (κ2) is 11.7. The molecule has 0 spiro atoms. The van der Waals surface area contributed by atoms with E-state index in [4.69, 9.17) is 14.2 Å². The van der Waals surface area contributed by atoms with Crippen LogP contribution in [0.1, 0.15) is 12.2 Å². The lowest BCUT2D eigenvalue weighted by Crippen LogP contribution is -2.25. The van der Waals surface area contributed by atoms with E-state index in [9.17, 15) is 4.79 Å². The highest BCUT2D eigenvalue weighted by Crippen LogP contribution is 2.30. The van der Waals surface area contributed by atoms with Gasteiger partial charge in [0.1, 0.15) is 19.0 Å². The molecular formula is C24H28N4O4S. The smallest absolute Gasteiger partial charge is 0.409 e. The summed E-state index contributed by atoms with van der Waals surface area (Å²) in [6.07, 6.45) is 0.631. The van der Waals surface area contributed by atoms with Gasteiger partial charge in [0.25, 0.3) is 0 Å². The first-order valence-corrected chi connectivity index (χ1v) is 12.0. The van der Waals surface area contributed by atoms with E-state index < -0.39 is 0 Å². The number of carbonyl (C=O) groups excluding carboxylic acids is 1. The van der Waals surface area contributed by atoms with Crippen molar-refractivity contribution in [2.24, 2.45) is 0 Å². The minimum absolute atomic E-state index is 0.224. The summed E-state index contributed by atoms with van der Waals surface area (Å²) in [5.41, 5.74) is 2.14. The van der Waals surface area contributed by atoms with Gasteiger partial charge in [0, 0.05) is 31.5 Å². The normalized spacial score (nSPS) is 13.4. The molecule has 2 heterocycles. The topological polar surface area (TPSA) is 78.7 Å². The summed E-state index contributed by atoms with van der Waals surface area (Å²) in [7, 11) is 1.68. The lowest BCUT2D eigenvalue weighted by atomic mass is 10.1. The summed E-state index contributed by atoms with van der Waals surface area (Å²) in [6, 6.07) is 18.2. The minimum atomic E-state index is -0.224. The molecule has 1 aliphatic rings. The van der Waals surface area contributed by atoms with Crippen LogP contribution in [0.4, 0.5) is 4.79 Å². The van der Waals surface area contributed by atoms with Gasteiger partial charge in [-0.15, -0.1) is 10.2 Å². The Labute approximate surface area is 197 Å². The van der Waals surface area contributed by atoms with E-state index in [1.807, 2.05) is 41.0 Å². The number of hydrogen-bond donors (Lipinski definition) is 0. The van der Waals surface area contributed by atoms with E-state index in [2.05, 4.69) is 28.4 Å². The molecule has 0 radical (unpaired) electrons. The average Bonchev–Trinajstić information content (AvgIpc) is 3.45. The SMILES string of the molecule is COCCn1c(COc2ccccc2-c2ccccc2)nnc1SCCCN1CCOC1=O. The zero-order valence-electron chi connectivity index (χ0n) is 18.7. The third-order valence-corrected chi connectivity index (χ3v) is 6.34. The zero-order chi connectivity index (χ0) is 22.9. The van der Waals surface area contributed by atoms with Gasteiger partial charge in [-0.1, -0.05) is 60.3 Å². The van der Waals surface area contributed by atoms with E-state index in [-0.39, 0.29) is 6.09 Å². The maximum absolute atomic E-state index is 11.6. The molecule has 2 aromatic carbocycles. The highest BCUT2D eigenvalue weighted by atomic mass is 32.2. The van der Waals surface area contributed by atoms with Crippen molar-refractivity contribution in [2.45, 2.75) is 24.7 Å². The van der Waals surface area contributed by atoms with Crippen LogP contribution in [0.15, 0.2) is 59.8 Å². The molecule has 1 amide bonds. The number of thioether (sulfide) groups is 1. The van der Waals surface area contributed by atoms with Crippen LogP contribution in [0.25, 0.3) is 11.1 Å². The fourth-order valence-electron chi connectivity index (χ4n) is 3.58. The predicted molar refractivity (Wildman–Crippen MR) is 126 cm³/mol. The molecule has 0 aliphatic carbocycles. The fraction of sp³-hybridized carbons (Fsp3) is 0.375.